The van der Waals surface area contributed by atoms with Gasteiger partial charge in [-0.15, -0.1) is 0 Å². The van der Waals surface area contributed by atoms with Crippen LogP contribution in [0.4, 0.5) is 0 Å². The molecule has 1 N–H and O–H groups in total. The summed E-state index contributed by atoms with van der Waals surface area (Å²) in [6.45, 7) is 1.89. The minimum atomic E-state index is -0.571. The molecule has 1 aliphatic carbocycles. The number of benzene rings is 1. The Bertz CT molecular complexity index is 540. The topological polar surface area (TPSA) is 33.4 Å². The van der Waals surface area contributed by atoms with Crippen molar-refractivity contribution >= 4 is 0 Å². The van der Waals surface area contributed by atoms with E-state index in [4.69, 9.17) is 4.42 Å². The molecule has 3 rings (SSSR count). The summed E-state index contributed by atoms with van der Waals surface area (Å²) < 4.78 is 5.24. The monoisotopic (exact) mass is 228 g/mol. The molecular formula is C15H16O2. The maximum Gasteiger partial charge on any atom is 0.107 e. The summed E-state index contributed by atoms with van der Waals surface area (Å²) in [6.07, 6.45) is 4.61. The normalized spacial score (nSPS) is 15.9. The third-order valence-corrected chi connectivity index (χ3v) is 3.50. The van der Waals surface area contributed by atoms with Crippen LogP contribution in [0.1, 0.15) is 40.5 Å². The molecule has 0 amide bonds. The predicted octanol–water partition coefficient (Wildman–Crippen LogP) is 3.16. The minimum absolute atomic E-state index is 0.571. The van der Waals surface area contributed by atoms with Gasteiger partial charge in [-0.3, -0.25) is 0 Å². The van der Waals surface area contributed by atoms with E-state index in [0.29, 0.717) is 0 Å². The van der Waals surface area contributed by atoms with Gasteiger partial charge in [-0.05, 0) is 48.9 Å². The molecule has 2 aromatic rings. The van der Waals surface area contributed by atoms with Gasteiger partial charge < -0.3 is 9.52 Å². The Morgan fingerprint density at radius 2 is 1.94 bits per heavy atom. The molecule has 1 aromatic heterocycles. The van der Waals surface area contributed by atoms with Gasteiger partial charge in [-0.2, -0.15) is 0 Å². The fourth-order valence-corrected chi connectivity index (χ4v) is 2.56. The van der Waals surface area contributed by atoms with Gasteiger partial charge in [0.25, 0.3) is 0 Å². The van der Waals surface area contributed by atoms with Crippen molar-refractivity contribution in [2.75, 3.05) is 0 Å². The largest absolute Gasteiger partial charge is 0.469 e. The summed E-state index contributed by atoms with van der Waals surface area (Å²) in [4.78, 5) is 0. The number of hydrogen-bond donors (Lipinski definition) is 1. The highest BCUT2D eigenvalue weighted by atomic mass is 16.3. The lowest BCUT2D eigenvalue weighted by Gasteiger charge is -2.10. The highest BCUT2D eigenvalue weighted by Crippen LogP contribution is 2.29. The van der Waals surface area contributed by atoms with Gasteiger partial charge in [0.1, 0.15) is 11.9 Å². The van der Waals surface area contributed by atoms with E-state index in [1.54, 1.807) is 6.26 Å². The third-order valence-electron chi connectivity index (χ3n) is 3.50. The third kappa shape index (κ3) is 1.89. The van der Waals surface area contributed by atoms with E-state index >= 15 is 0 Å². The van der Waals surface area contributed by atoms with Crippen molar-refractivity contribution in [2.24, 2.45) is 0 Å². The number of hydrogen-bond acceptors (Lipinski definition) is 2. The van der Waals surface area contributed by atoms with Crippen molar-refractivity contribution in [2.45, 2.75) is 32.3 Å². The Balaban J connectivity index is 1.94. The van der Waals surface area contributed by atoms with E-state index < -0.39 is 6.10 Å². The first-order valence-electron chi connectivity index (χ1n) is 6.09. The van der Waals surface area contributed by atoms with E-state index in [2.05, 4.69) is 12.1 Å². The number of rotatable bonds is 2. The Labute approximate surface area is 101 Å². The summed E-state index contributed by atoms with van der Waals surface area (Å²) in [7, 11) is 0. The minimum Gasteiger partial charge on any atom is -0.469 e. The first-order chi connectivity index (χ1) is 8.24. The second-order valence-electron chi connectivity index (χ2n) is 4.77. The van der Waals surface area contributed by atoms with Gasteiger partial charge in [-0.1, -0.05) is 18.2 Å². The highest BCUT2D eigenvalue weighted by molar-refractivity contribution is 5.38. The van der Waals surface area contributed by atoms with E-state index in [0.717, 1.165) is 23.3 Å². The van der Waals surface area contributed by atoms with Crippen LogP contribution in [0.2, 0.25) is 0 Å². The van der Waals surface area contributed by atoms with E-state index in [9.17, 15) is 5.11 Å². The molecule has 0 radical (unpaired) electrons. The second-order valence-corrected chi connectivity index (χ2v) is 4.77. The molecule has 1 aliphatic rings. The van der Waals surface area contributed by atoms with Gasteiger partial charge in [0, 0.05) is 5.56 Å². The Morgan fingerprint density at radius 1 is 1.12 bits per heavy atom. The Hall–Kier alpha value is -1.54. The quantitative estimate of drug-likeness (QED) is 0.856. The van der Waals surface area contributed by atoms with Crippen molar-refractivity contribution in [1.82, 2.24) is 0 Å². The molecule has 17 heavy (non-hydrogen) atoms. The summed E-state index contributed by atoms with van der Waals surface area (Å²) >= 11 is 0. The van der Waals surface area contributed by atoms with Crippen LogP contribution in [0, 0.1) is 6.92 Å². The zero-order valence-corrected chi connectivity index (χ0v) is 9.94. The fourth-order valence-electron chi connectivity index (χ4n) is 2.56. The molecule has 0 fully saturated rings. The first-order valence-corrected chi connectivity index (χ1v) is 6.09. The lowest BCUT2D eigenvalue weighted by molar-refractivity contribution is 0.219. The molecule has 0 saturated carbocycles. The second kappa shape index (κ2) is 4.04. The lowest BCUT2D eigenvalue weighted by atomic mass is 9.99. The zero-order valence-electron chi connectivity index (χ0n) is 9.94. The van der Waals surface area contributed by atoms with E-state index in [1.807, 2.05) is 19.1 Å². The molecular weight excluding hydrogens is 212 g/mol. The van der Waals surface area contributed by atoms with Crippen molar-refractivity contribution in [1.29, 1.82) is 0 Å². The van der Waals surface area contributed by atoms with Gasteiger partial charge in [-0.25, -0.2) is 0 Å². The van der Waals surface area contributed by atoms with Crippen molar-refractivity contribution < 1.29 is 9.52 Å². The average molecular weight is 228 g/mol. The van der Waals surface area contributed by atoms with E-state index in [1.165, 1.54) is 24.0 Å². The summed E-state index contributed by atoms with van der Waals surface area (Å²) in [5.74, 6) is 0.834. The van der Waals surface area contributed by atoms with E-state index in [-0.39, 0.29) is 0 Å². The van der Waals surface area contributed by atoms with Crippen LogP contribution < -0.4 is 0 Å². The molecule has 0 saturated heterocycles. The number of aliphatic hydroxyl groups excluding tert-OH is 1. The molecule has 1 aromatic carbocycles. The van der Waals surface area contributed by atoms with Crippen molar-refractivity contribution in [3.05, 3.63) is 58.5 Å². The number of furan rings is 1. The van der Waals surface area contributed by atoms with Crippen LogP contribution in [0.25, 0.3) is 0 Å². The lowest BCUT2D eigenvalue weighted by Crippen LogP contribution is -1.99. The molecule has 1 heterocycles. The molecule has 2 nitrogen and oxygen atoms in total. The molecule has 2 heteroatoms. The van der Waals surface area contributed by atoms with Crippen LogP contribution in [-0.2, 0) is 12.8 Å². The molecule has 0 aliphatic heterocycles. The fraction of sp³-hybridized carbons (Fsp3) is 0.333. The van der Waals surface area contributed by atoms with Crippen LogP contribution in [0.5, 0.6) is 0 Å². The van der Waals surface area contributed by atoms with Crippen molar-refractivity contribution in [3.8, 4) is 0 Å². The van der Waals surface area contributed by atoms with Crippen molar-refractivity contribution in [3.63, 3.8) is 0 Å². The summed E-state index contributed by atoms with van der Waals surface area (Å²) in [5.41, 5.74) is 4.62. The average Bonchev–Trinajstić information content (AvgIpc) is 2.95. The molecule has 0 spiro atoms. The summed E-state index contributed by atoms with van der Waals surface area (Å²) in [6, 6.07) is 8.19. The van der Waals surface area contributed by atoms with Crippen LogP contribution in [0.3, 0.4) is 0 Å². The Kier molecular flexibility index (Phi) is 2.52. The molecule has 88 valence electrons. The van der Waals surface area contributed by atoms with Gasteiger partial charge >= 0.3 is 0 Å². The molecule has 1 unspecified atom stereocenters. The van der Waals surface area contributed by atoms with Gasteiger partial charge in [0.2, 0.25) is 0 Å². The molecule has 0 bridgehead atoms. The van der Waals surface area contributed by atoms with Gasteiger partial charge in [0.15, 0.2) is 0 Å². The highest BCUT2D eigenvalue weighted by Gasteiger charge is 2.16. The maximum atomic E-state index is 10.3. The first kappa shape index (κ1) is 10.6. The standard InChI is InChI=1S/C15H16O2/c1-10-7-14(9-17-10)15(16)13-6-5-11-3-2-4-12(11)8-13/h5-9,15-16H,2-4H2,1H3. The number of aliphatic hydroxyl groups is 1. The van der Waals surface area contributed by atoms with Crippen LogP contribution >= 0.6 is 0 Å². The maximum absolute atomic E-state index is 10.3. The number of fused-ring (bicyclic) bond motifs is 1. The SMILES string of the molecule is Cc1cc(C(O)c2ccc3c(c2)CCC3)co1. The van der Waals surface area contributed by atoms with Gasteiger partial charge in [0.05, 0.1) is 6.26 Å². The zero-order chi connectivity index (χ0) is 11.8. The smallest absolute Gasteiger partial charge is 0.107 e. The summed E-state index contributed by atoms with van der Waals surface area (Å²) in [5, 5.41) is 10.3. The van der Waals surface area contributed by atoms with Crippen LogP contribution in [0.15, 0.2) is 34.9 Å². The van der Waals surface area contributed by atoms with Crippen LogP contribution in [-0.4, -0.2) is 5.11 Å². The number of aryl methyl sites for hydroxylation is 3. The molecule has 1 atom stereocenters. The predicted molar refractivity (Wildman–Crippen MR) is 66.0 cm³/mol. The Morgan fingerprint density at radius 3 is 2.71 bits per heavy atom.